The minimum Gasteiger partial charge on any atom is -0.481 e. The van der Waals surface area contributed by atoms with E-state index in [9.17, 15) is 9.59 Å². The second-order valence-electron chi connectivity index (χ2n) is 6.89. The number of nitrogens with one attached hydrogen (secondary N) is 1. The van der Waals surface area contributed by atoms with Crippen LogP contribution in [0.25, 0.3) is 12.0 Å². The van der Waals surface area contributed by atoms with Gasteiger partial charge in [0.15, 0.2) is 5.11 Å². The molecule has 174 valence electrons. The number of hydrogen-bond donors (Lipinski definition) is 1. The van der Waals surface area contributed by atoms with Crippen LogP contribution in [0.2, 0.25) is 10.2 Å². The maximum atomic E-state index is 13.3. The third kappa shape index (κ3) is 4.32. The number of thiocarbonyl (C=S) groups is 1. The number of ether oxygens (including phenoxy) is 2. The fourth-order valence-electron chi connectivity index (χ4n) is 3.13. The zero-order valence-electron chi connectivity index (χ0n) is 18.0. The van der Waals surface area contributed by atoms with Gasteiger partial charge < -0.3 is 9.47 Å². The normalized spacial score (nSPS) is 15.0. The van der Waals surface area contributed by atoms with Crippen LogP contribution in [0.15, 0.2) is 35.9 Å². The molecule has 0 bridgehead atoms. The van der Waals surface area contributed by atoms with Crippen molar-refractivity contribution >= 4 is 64.1 Å². The molecule has 34 heavy (non-hydrogen) atoms. The SMILES string of the molecule is COc1cc(OC)nc(-n2nc(C)c(/C=C3\C(=O)NC(=S)N(c4ccc(Cl)cc4)C3=O)c2Cl)n1. The van der Waals surface area contributed by atoms with Crippen LogP contribution >= 0.6 is 35.4 Å². The summed E-state index contributed by atoms with van der Waals surface area (Å²) in [5, 5.41) is 7.39. The average molecular weight is 519 g/mol. The number of carbonyl (C=O) groups is 2. The van der Waals surface area contributed by atoms with E-state index in [1.807, 2.05) is 0 Å². The Balaban J connectivity index is 1.77. The van der Waals surface area contributed by atoms with Crippen LogP contribution in [0.4, 0.5) is 5.69 Å². The summed E-state index contributed by atoms with van der Waals surface area (Å²) in [6.45, 7) is 1.67. The summed E-state index contributed by atoms with van der Waals surface area (Å²) in [4.78, 5) is 35.6. The molecule has 13 heteroatoms. The number of amides is 2. The number of nitrogens with zero attached hydrogens (tertiary/aromatic N) is 5. The van der Waals surface area contributed by atoms with Gasteiger partial charge in [-0.2, -0.15) is 19.7 Å². The Morgan fingerprint density at radius 1 is 1.06 bits per heavy atom. The van der Waals surface area contributed by atoms with Gasteiger partial charge in [-0.05, 0) is 49.5 Å². The maximum absolute atomic E-state index is 13.3. The summed E-state index contributed by atoms with van der Waals surface area (Å²) in [6, 6.07) is 7.95. The number of benzene rings is 1. The van der Waals surface area contributed by atoms with E-state index in [1.54, 1.807) is 31.2 Å². The highest BCUT2D eigenvalue weighted by molar-refractivity contribution is 7.80. The number of aromatic nitrogens is 4. The third-order valence-corrected chi connectivity index (χ3v) is 5.70. The lowest BCUT2D eigenvalue weighted by Gasteiger charge is -2.28. The number of halogens is 2. The summed E-state index contributed by atoms with van der Waals surface area (Å²) in [5.74, 6) is -0.737. The Bertz CT molecular complexity index is 1330. The smallest absolute Gasteiger partial charge is 0.270 e. The van der Waals surface area contributed by atoms with Gasteiger partial charge in [0, 0.05) is 10.6 Å². The molecule has 1 fully saturated rings. The summed E-state index contributed by atoms with van der Waals surface area (Å²) in [6.07, 6.45) is 1.35. The molecule has 0 spiro atoms. The van der Waals surface area contributed by atoms with Crippen molar-refractivity contribution in [3.8, 4) is 17.7 Å². The van der Waals surface area contributed by atoms with Crippen LogP contribution in [-0.2, 0) is 9.59 Å². The minimum atomic E-state index is -0.664. The van der Waals surface area contributed by atoms with E-state index >= 15 is 0 Å². The molecule has 3 aromatic rings. The first-order chi connectivity index (χ1) is 16.2. The molecular weight excluding hydrogens is 503 g/mol. The molecule has 1 aromatic carbocycles. The van der Waals surface area contributed by atoms with Gasteiger partial charge in [0.1, 0.15) is 10.7 Å². The van der Waals surface area contributed by atoms with E-state index in [0.717, 1.165) is 0 Å². The Labute approximate surface area is 209 Å². The van der Waals surface area contributed by atoms with E-state index in [4.69, 9.17) is 44.9 Å². The first kappa shape index (κ1) is 23.6. The van der Waals surface area contributed by atoms with Gasteiger partial charge in [-0.3, -0.25) is 19.8 Å². The van der Waals surface area contributed by atoms with Gasteiger partial charge in [-0.25, -0.2) is 0 Å². The molecular formula is C21H16Cl2N6O4S. The molecule has 0 saturated carbocycles. The fourth-order valence-corrected chi connectivity index (χ4v) is 3.84. The van der Waals surface area contributed by atoms with Crippen LogP contribution in [0.3, 0.4) is 0 Å². The van der Waals surface area contributed by atoms with Crippen LogP contribution in [0.1, 0.15) is 11.3 Å². The molecule has 4 rings (SSSR count). The lowest BCUT2D eigenvalue weighted by atomic mass is 10.1. The van der Waals surface area contributed by atoms with Gasteiger partial charge in [-0.15, -0.1) is 0 Å². The summed E-state index contributed by atoms with van der Waals surface area (Å²) in [5.41, 5.74) is 1.02. The Morgan fingerprint density at radius 2 is 1.68 bits per heavy atom. The van der Waals surface area contributed by atoms with Crippen molar-refractivity contribution in [2.75, 3.05) is 19.1 Å². The number of hydrogen-bond acceptors (Lipinski definition) is 8. The number of carbonyl (C=O) groups excluding carboxylic acids is 2. The highest BCUT2D eigenvalue weighted by Gasteiger charge is 2.35. The van der Waals surface area contributed by atoms with E-state index in [0.29, 0.717) is 22.0 Å². The number of aryl methyl sites for hydroxylation is 1. The largest absolute Gasteiger partial charge is 0.481 e. The fraction of sp³-hybridized carbons (Fsp3) is 0.143. The molecule has 0 aliphatic carbocycles. The Hall–Kier alpha value is -3.54. The molecule has 1 saturated heterocycles. The standard InChI is InChI=1S/C21H16Cl2N6O4S/c1-10-13(17(23)29(27-10)20-24-15(32-2)9-16(25-20)33-3)8-14-18(30)26-21(34)28(19(14)31)12-6-4-11(22)5-7-12/h4-9H,1-3H3,(H,26,30,34)/b14-8+. The van der Waals surface area contributed by atoms with Crippen molar-refractivity contribution in [1.82, 2.24) is 25.1 Å². The summed E-state index contributed by atoms with van der Waals surface area (Å²) >= 11 is 17.7. The number of methoxy groups -OCH3 is 2. The Morgan fingerprint density at radius 3 is 2.26 bits per heavy atom. The zero-order chi connectivity index (χ0) is 24.6. The van der Waals surface area contributed by atoms with Crippen molar-refractivity contribution < 1.29 is 19.1 Å². The number of rotatable bonds is 5. The summed E-state index contributed by atoms with van der Waals surface area (Å²) < 4.78 is 11.6. The quantitative estimate of drug-likeness (QED) is 0.311. The van der Waals surface area contributed by atoms with E-state index in [2.05, 4.69) is 20.4 Å². The van der Waals surface area contributed by atoms with Crippen molar-refractivity contribution in [1.29, 1.82) is 0 Å². The van der Waals surface area contributed by atoms with Crippen molar-refractivity contribution in [3.63, 3.8) is 0 Å². The number of anilines is 1. The molecule has 2 aromatic heterocycles. The first-order valence-electron chi connectivity index (χ1n) is 9.63. The molecule has 0 unspecified atom stereocenters. The van der Waals surface area contributed by atoms with Gasteiger partial charge in [0.2, 0.25) is 11.8 Å². The maximum Gasteiger partial charge on any atom is 0.270 e. The molecule has 2 amide bonds. The van der Waals surface area contributed by atoms with E-state index in [1.165, 1.54) is 35.9 Å². The lowest BCUT2D eigenvalue weighted by Crippen LogP contribution is -2.54. The predicted octanol–water partition coefficient (Wildman–Crippen LogP) is 3.13. The molecule has 1 aliphatic rings. The van der Waals surface area contributed by atoms with E-state index in [-0.39, 0.29) is 33.5 Å². The summed E-state index contributed by atoms with van der Waals surface area (Å²) in [7, 11) is 2.89. The second kappa shape index (κ2) is 9.37. The van der Waals surface area contributed by atoms with Crippen LogP contribution in [0.5, 0.6) is 11.8 Å². The predicted molar refractivity (Wildman–Crippen MR) is 130 cm³/mol. The van der Waals surface area contributed by atoms with Gasteiger partial charge in [0.25, 0.3) is 17.8 Å². The average Bonchev–Trinajstić information content (AvgIpc) is 3.10. The molecule has 3 heterocycles. The minimum absolute atomic E-state index is 0.0511. The molecule has 0 atom stereocenters. The second-order valence-corrected chi connectivity index (χ2v) is 8.07. The molecule has 10 nitrogen and oxygen atoms in total. The monoisotopic (exact) mass is 518 g/mol. The molecule has 0 radical (unpaired) electrons. The zero-order valence-corrected chi connectivity index (χ0v) is 20.3. The highest BCUT2D eigenvalue weighted by Crippen LogP contribution is 2.29. The van der Waals surface area contributed by atoms with Gasteiger partial charge in [0.05, 0.1) is 31.7 Å². The van der Waals surface area contributed by atoms with Crippen molar-refractivity contribution in [2.45, 2.75) is 6.92 Å². The molecule has 1 aliphatic heterocycles. The molecule has 1 N–H and O–H groups in total. The van der Waals surface area contributed by atoms with Gasteiger partial charge >= 0.3 is 0 Å². The van der Waals surface area contributed by atoms with Crippen molar-refractivity contribution in [3.05, 3.63) is 57.3 Å². The van der Waals surface area contributed by atoms with Crippen LogP contribution in [-0.4, -0.2) is 50.9 Å². The Kier molecular flexibility index (Phi) is 6.51. The van der Waals surface area contributed by atoms with Crippen LogP contribution in [0, 0.1) is 6.92 Å². The van der Waals surface area contributed by atoms with E-state index < -0.39 is 11.8 Å². The highest BCUT2D eigenvalue weighted by atomic mass is 35.5. The topological polar surface area (TPSA) is 111 Å². The lowest BCUT2D eigenvalue weighted by molar-refractivity contribution is -0.122. The first-order valence-corrected chi connectivity index (χ1v) is 10.8. The van der Waals surface area contributed by atoms with Gasteiger partial charge in [-0.1, -0.05) is 23.2 Å². The van der Waals surface area contributed by atoms with Crippen molar-refractivity contribution in [2.24, 2.45) is 0 Å². The van der Waals surface area contributed by atoms with Crippen LogP contribution < -0.4 is 19.7 Å². The third-order valence-electron chi connectivity index (χ3n) is 4.80.